The van der Waals surface area contributed by atoms with Gasteiger partial charge in [-0.3, -0.25) is 5.32 Å². The lowest BCUT2D eigenvalue weighted by Gasteiger charge is -2.27. The fourth-order valence-electron chi connectivity index (χ4n) is 1.44. The fourth-order valence-corrected chi connectivity index (χ4v) is 2.25. The number of carboxylic acids is 1. The molecule has 0 saturated carbocycles. The van der Waals surface area contributed by atoms with E-state index in [1.54, 1.807) is 20.8 Å². The van der Waals surface area contributed by atoms with Crippen LogP contribution in [0.4, 0.5) is 9.93 Å². The summed E-state index contributed by atoms with van der Waals surface area (Å²) in [6, 6.07) is -1.52. The number of aryl methyl sites for hydroxylation is 2. The van der Waals surface area contributed by atoms with Gasteiger partial charge in [0.25, 0.3) is 0 Å². The second kappa shape index (κ2) is 5.56. The Labute approximate surface area is 116 Å². The van der Waals surface area contributed by atoms with Crippen LogP contribution in [0, 0.1) is 19.3 Å². The van der Waals surface area contributed by atoms with Gasteiger partial charge in [0.05, 0.1) is 5.69 Å². The van der Waals surface area contributed by atoms with E-state index in [0.29, 0.717) is 5.13 Å². The zero-order valence-corrected chi connectivity index (χ0v) is 12.5. The smallest absolute Gasteiger partial charge is 0.326 e. The molecule has 0 bridgehead atoms. The van der Waals surface area contributed by atoms with Gasteiger partial charge < -0.3 is 10.4 Å². The third kappa shape index (κ3) is 4.20. The van der Waals surface area contributed by atoms with E-state index in [-0.39, 0.29) is 0 Å². The molecule has 106 valence electrons. The van der Waals surface area contributed by atoms with Crippen molar-refractivity contribution in [3.8, 4) is 0 Å². The van der Waals surface area contributed by atoms with Crippen LogP contribution in [0.1, 0.15) is 31.3 Å². The van der Waals surface area contributed by atoms with Crippen molar-refractivity contribution < 1.29 is 14.7 Å². The summed E-state index contributed by atoms with van der Waals surface area (Å²) in [4.78, 5) is 28.1. The number of aliphatic carboxylic acids is 1. The van der Waals surface area contributed by atoms with Gasteiger partial charge in [-0.25, -0.2) is 14.6 Å². The molecule has 7 heteroatoms. The van der Waals surface area contributed by atoms with Crippen molar-refractivity contribution in [2.75, 3.05) is 5.32 Å². The van der Waals surface area contributed by atoms with Gasteiger partial charge in [0.1, 0.15) is 6.04 Å². The number of thiazole rings is 1. The zero-order valence-electron chi connectivity index (χ0n) is 11.7. The molecule has 1 aromatic rings. The van der Waals surface area contributed by atoms with Gasteiger partial charge in [0, 0.05) is 4.88 Å². The molecule has 1 atom stereocenters. The molecule has 1 rings (SSSR count). The molecule has 0 aliphatic carbocycles. The first-order chi connectivity index (χ1) is 8.61. The zero-order chi connectivity index (χ0) is 14.8. The molecule has 2 amide bonds. The molecule has 1 heterocycles. The molecule has 0 unspecified atom stereocenters. The number of carbonyl (C=O) groups excluding carboxylic acids is 1. The highest BCUT2D eigenvalue weighted by Gasteiger charge is 2.32. The van der Waals surface area contributed by atoms with Crippen LogP contribution >= 0.6 is 11.3 Å². The summed E-state index contributed by atoms with van der Waals surface area (Å²) in [5.74, 6) is -1.06. The second-order valence-electron chi connectivity index (χ2n) is 5.40. The Kier molecular flexibility index (Phi) is 4.52. The van der Waals surface area contributed by atoms with Crippen LogP contribution in [0.5, 0.6) is 0 Å². The number of urea groups is 1. The molecular weight excluding hydrogens is 266 g/mol. The van der Waals surface area contributed by atoms with E-state index in [1.165, 1.54) is 11.3 Å². The number of aromatic nitrogens is 1. The molecule has 3 N–H and O–H groups in total. The lowest BCUT2D eigenvalue weighted by atomic mass is 9.87. The molecule has 0 aliphatic heterocycles. The van der Waals surface area contributed by atoms with Crippen LogP contribution in [-0.4, -0.2) is 28.1 Å². The average molecular weight is 285 g/mol. The number of rotatable bonds is 3. The third-order valence-electron chi connectivity index (χ3n) is 2.64. The molecule has 0 radical (unpaired) electrons. The van der Waals surface area contributed by atoms with Crippen molar-refractivity contribution in [1.82, 2.24) is 10.3 Å². The number of hydrogen-bond acceptors (Lipinski definition) is 4. The maximum Gasteiger partial charge on any atom is 0.326 e. The highest BCUT2D eigenvalue weighted by molar-refractivity contribution is 7.15. The molecule has 0 saturated heterocycles. The maximum absolute atomic E-state index is 11.8. The molecule has 6 nitrogen and oxygen atoms in total. The van der Waals surface area contributed by atoms with Crippen molar-refractivity contribution in [3.05, 3.63) is 10.6 Å². The van der Waals surface area contributed by atoms with E-state index in [9.17, 15) is 9.59 Å². The quantitative estimate of drug-likeness (QED) is 0.795. The number of carbonyl (C=O) groups is 2. The highest BCUT2D eigenvalue weighted by Crippen LogP contribution is 2.22. The van der Waals surface area contributed by atoms with Gasteiger partial charge in [-0.15, -0.1) is 11.3 Å². The molecule has 19 heavy (non-hydrogen) atoms. The molecule has 1 aromatic heterocycles. The SMILES string of the molecule is Cc1nc(NC(=O)N[C@@H](C(=O)O)C(C)(C)C)sc1C. The first-order valence-corrected chi connectivity index (χ1v) is 6.67. The summed E-state index contributed by atoms with van der Waals surface area (Å²) < 4.78 is 0. The van der Waals surface area contributed by atoms with Crippen LogP contribution in [0.3, 0.4) is 0 Å². The minimum atomic E-state index is -1.06. The summed E-state index contributed by atoms with van der Waals surface area (Å²) in [6.07, 6.45) is 0. The Bertz CT molecular complexity index is 471. The topological polar surface area (TPSA) is 91.3 Å². The number of nitrogens with zero attached hydrogens (tertiary/aromatic N) is 1. The first-order valence-electron chi connectivity index (χ1n) is 5.85. The highest BCUT2D eigenvalue weighted by atomic mass is 32.1. The van der Waals surface area contributed by atoms with Gasteiger partial charge in [0.15, 0.2) is 5.13 Å². The van der Waals surface area contributed by atoms with Crippen molar-refractivity contribution in [1.29, 1.82) is 0 Å². The Morgan fingerprint density at radius 1 is 1.32 bits per heavy atom. The molecule has 0 aromatic carbocycles. The van der Waals surface area contributed by atoms with Gasteiger partial charge in [-0.05, 0) is 19.3 Å². The first kappa shape index (κ1) is 15.4. The molecule has 0 aliphatic rings. The van der Waals surface area contributed by atoms with Gasteiger partial charge in [-0.1, -0.05) is 20.8 Å². The third-order valence-corrected chi connectivity index (χ3v) is 3.63. The van der Waals surface area contributed by atoms with Crippen LogP contribution in [0.15, 0.2) is 0 Å². The van der Waals surface area contributed by atoms with Crippen LogP contribution in [0.25, 0.3) is 0 Å². The van der Waals surface area contributed by atoms with E-state index in [4.69, 9.17) is 5.11 Å². The monoisotopic (exact) mass is 285 g/mol. The summed E-state index contributed by atoms with van der Waals surface area (Å²) in [5.41, 5.74) is 0.281. The van der Waals surface area contributed by atoms with Crippen LogP contribution < -0.4 is 10.6 Å². The molecule has 0 spiro atoms. The van der Waals surface area contributed by atoms with Crippen LogP contribution in [-0.2, 0) is 4.79 Å². The van der Waals surface area contributed by atoms with E-state index < -0.39 is 23.5 Å². The minimum Gasteiger partial charge on any atom is -0.480 e. The Morgan fingerprint density at radius 2 is 1.89 bits per heavy atom. The lowest BCUT2D eigenvalue weighted by Crippen LogP contribution is -2.50. The van der Waals surface area contributed by atoms with Gasteiger partial charge in [0.2, 0.25) is 0 Å². The fraction of sp³-hybridized carbons (Fsp3) is 0.583. The standard InChI is InChI=1S/C12H19N3O3S/c1-6-7(2)19-11(13-6)15-10(18)14-8(9(16)17)12(3,4)5/h8H,1-5H3,(H,16,17)(H2,13,14,15,18)/t8-/m0/s1. The normalized spacial score (nSPS) is 12.9. The summed E-state index contributed by atoms with van der Waals surface area (Å²) >= 11 is 1.36. The van der Waals surface area contributed by atoms with Crippen molar-refractivity contribution in [2.45, 2.75) is 40.7 Å². The van der Waals surface area contributed by atoms with Crippen molar-refractivity contribution >= 4 is 28.5 Å². The summed E-state index contributed by atoms with van der Waals surface area (Å²) in [6.45, 7) is 9.02. The number of carboxylic acid groups (broad SMARTS) is 1. The van der Waals surface area contributed by atoms with Crippen molar-refractivity contribution in [2.24, 2.45) is 5.41 Å². The Hall–Kier alpha value is -1.63. The van der Waals surface area contributed by atoms with E-state index in [0.717, 1.165) is 10.6 Å². The largest absolute Gasteiger partial charge is 0.480 e. The number of nitrogens with one attached hydrogen (secondary N) is 2. The van der Waals surface area contributed by atoms with Gasteiger partial charge >= 0.3 is 12.0 Å². The average Bonchev–Trinajstić information content (AvgIpc) is 2.52. The maximum atomic E-state index is 11.8. The Morgan fingerprint density at radius 3 is 2.26 bits per heavy atom. The van der Waals surface area contributed by atoms with E-state index in [1.807, 2.05) is 13.8 Å². The summed E-state index contributed by atoms with van der Waals surface area (Å²) in [5, 5.41) is 14.6. The van der Waals surface area contributed by atoms with E-state index >= 15 is 0 Å². The predicted octanol–water partition coefficient (Wildman–Crippen LogP) is 2.38. The second-order valence-corrected chi connectivity index (χ2v) is 6.60. The van der Waals surface area contributed by atoms with Gasteiger partial charge in [-0.2, -0.15) is 0 Å². The van der Waals surface area contributed by atoms with Crippen molar-refractivity contribution in [3.63, 3.8) is 0 Å². The summed E-state index contributed by atoms with van der Waals surface area (Å²) in [7, 11) is 0. The Balaban J connectivity index is 2.71. The molecular formula is C12H19N3O3S. The predicted molar refractivity (Wildman–Crippen MR) is 74.6 cm³/mol. The lowest BCUT2D eigenvalue weighted by molar-refractivity contribution is -0.141. The number of amides is 2. The number of anilines is 1. The number of hydrogen-bond donors (Lipinski definition) is 3. The minimum absolute atomic E-state index is 0.463. The van der Waals surface area contributed by atoms with E-state index in [2.05, 4.69) is 15.6 Å². The molecule has 0 fully saturated rings. The van der Waals surface area contributed by atoms with Crippen LogP contribution in [0.2, 0.25) is 0 Å².